The molecule has 8 nitrogen and oxygen atoms in total. The molecule has 0 unspecified atom stereocenters. The zero-order valence-corrected chi connectivity index (χ0v) is 19.8. The molecule has 4 rings (SSSR count). The van der Waals surface area contributed by atoms with E-state index in [0.29, 0.717) is 44.6 Å². The first-order valence-corrected chi connectivity index (χ1v) is 12.0. The molecule has 2 N–H and O–H groups in total. The topological polar surface area (TPSA) is 101 Å². The zero-order valence-electron chi connectivity index (χ0n) is 19.8. The van der Waals surface area contributed by atoms with E-state index in [9.17, 15) is 14.4 Å². The number of aryl methyl sites for hydroxylation is 1. The first-order chi connectivity index (χ1) is 16.5. The second-order valence-corrected chi connectivity index (χ2v) is 8.87. The van der Waals surface area contributed by atoms with Crippen molar-refractivity contribution in [3.8, 4) is 5.75 Å². The molecule has 3 amide bonds. The quantitative estimate of drug-likeness (QED) is 0.656. The highest BCUT2D eigenvalue weighted by Gasteiger charge is 2.34. The van der Waals surface area contributed by atoms with E-state index in [2.05, 4.69) is 10.6 Å². The van der Waals surface area contributed by atoms with Gasteiger partial charge in [0, 0.05) is 43.2 Å². The molecular weight excluding hydrogens is 432 g/mol. The van der Waals surface area contributed by atoms with E-state index in [1.54, 1.807) is 0 Å². The Kier molecular flexibility index (Phi) is 7.45. The van der Waals surface area contributed by atoms with Crippen LogP contribution in [0.2, 0.25) is 0 Å². The van der Waals surface area contributed by atoms with Crippen LogP contribution in [0, 0.1) is 6.92 Å². The van der Waals surface area contributed by atoms with Gasteiger partial charge in [-0.05, 0) is 51.3 Å². The standard InChI is InChI=1S/C26H32N4O4/c1-3-34-22-7-5-4-6-19(22)16-27-25(32)20-9-8-17(2)28-24(20)18-12-14-30(15-13-18)26(33)21-10-11-23(31)29-21/h4-9,18,21H,3,10-16H2,1-2H3,(H,27,32)(H,29,31)/t21-/m0/s1. The molecule has 180 valence electrons. The summed E-state index contributed by atoms with van der Waals surface area (Å²) in [5, 5.41) is 5.78. The number of hydrogen-bond acceptors (Lipinski definition) is 5. The van der Waals surface area contributed by atoms with Gasteiger partial charge in [0.15, 0.2) is 0 Å². The first-order valence-electron chi connectivity index (χ1n) is 12.0. The molecule has 0 radical (unpaired) electrons. The maximum absolute atomic E-state index is 13.1. The third-order valence-corrected chi connectivity index (χ3v) is 6.51. The fraction of sp³-hybridized carbons (Fsp3) is 0.462. The summed E-state index contributed by atoms with van der Waals surface area (Å²) in [5.41, 5.74) is 3.15. The van der Waals surface area contributed by atoms with Gasteiger partial charge >= 0.3 is 0 Å². The van der Waals surface area contributed by atoms with Crippen molar-refractivity contribution in [2.45, 2.75) is 58.0 Å². The summed E-state index contributed by atoms with van der Waals surface area (Å²) in [6.45, 7) is 5.96. The number of amides is 3. The summed E-state index contributed by atoms with van der Waals surface area (Å²) in [6, 6.07) is 11.0. The summed E-state index contributed by atoms with van der Waals surface area (Å²) in [5.74, 6) is 0.631. The van der Waals surface area contributed by atoms with Crippen LogP contribution in [0.4, 0.5) is 0 Å². The predicted octanol–water partition coefficient (Wildman–Crippen LogP) is 2.70. The summed E-state index contributed by atoms with van der Waals surface area (Å²) in [6.07, 6.45) is 2.44. The number of nitrogens with zero attached hydrogens (tertiary/aromatic N) is 2. The summed E-state index contributed by atoms with van der Waals surface area (Å²) < 4.78 is 5.66. The minimum absolute atomic E-state index is 0.00701. The Morgan fingerprint density at radius 3 is 2.62 bits per heavy atom. The summed E-state index contributed by atoms with van der Waals surface area (Å²) in [7, 11) is 0. The Labute approximate surface area is 200 Å². The maximum atomic E-state index is 13.1. The largest absolute Gasteiger partial charge is 0.494 e. The molecule has 1 aromatic heterocycles. The van der Waals surface area contributed by atoms with Crippen molar-refractivity contribution in [3.05, 3.63) is 58.9 Å². The second-order valence-electron chi connectivity index (χ2n) is 8.87. The first kappa shape index (κ1) is 23.7. The van der Waals surface area contributed by atoms with Crippen molar-refractivity contribution in [3.63, 3.8) is 0 Å². The molecule has 0 aliphatic carbocycles. The number of ether oxygens (including phenoxy) is 1. The average Bonchev–Trinajstić information content (AvgIpc) is 3.29. The lowest BCUT2D eigenvalue weighted by Gasteiger charge is -2.33. The van der Waals surface area contributed by atoms with E-state index < -0.39 is 6.04 Å². The van der Waals surface area contributed by atoms with E-state index >= 15 is 0 Å². The van der Waals surface area contributed by atoms with E-state index in [-0.39, 0.29) is 23.6 Å². The SMILES string of the molecule is CCOc1ccccc1CNC(=O)c1ccc(C)nc1C1CCN(C(=O)[C@@H]2CCC(=O)N2)CC1. The highest BCUT2D eigenvalue weighted by atomic mass is 16.5. The molecule has 2 aliphatic heterocycles. The summed E-state index contributed by atoms with van der Waals surface area (Å²) in [4.78, 5) is 43.9. The number of likely N-dealkylation sites (tertiary alicyclic amines) is 1. The Hall–Kier alpha value is -3.42. The number of rotatable bonds is 7. The fourth-order valence-corrected chi connectivity index (χ4v) is 4.69. The van der Waals surface area contributed by atoms with Gasteiger partial charge in [-0.2, -0.15) is 0 Å². The van der Waals surface area contributed by atoms with Crippen molar-refractivity contribution in [1.29, 1.82) is 0 Å². The molecule has 1 aromatic carbocycles. The molecule has 34 heavy (non-hydrogen) atoms. The van der Waals surface area contributed by atoms with Gasteiger partial charge in [-0.25, -0.2) is 0 Å². The third kappa shape index (κ3) is 5.38. The molecule has 2 fully saturated rings. The van der Waals surface area contributed by atoms with Gasteiger partial charge in [-0.1, -0.05) is 18.2 Å². The summed E-state index contributed by atoms with van der Waals surface area (Å²) >= 11 is 0. The number of carbonyl (C=O) groups excluding carboxylic acids is 3. The van der Waals surface area contributed by atoms with Crippen LogP contribution in [0.3, 0.4) is 0 Å². The number of aromatic nitrogens is 1. The lowest BCUT2D eigenvalue weighted by molar-refractivity contribution is -0.135. The van der Waals surface area contributed by atoms with Gasteiger partial charge in [-0.3, -0.25) is 19.4 Å². The maximum Gasteiger partial charge on any atom is 0.253 e. The molecule has 3 heterocycles. The third-order valence-electron chi connectivity index (χ3n) is 6.51. The van der Waals surface area contributed by atoms with Crippen LogP contribution < -0.4 is 15.4 Å². The van der Waals surface area contributed by atoms with Gasteiger partial charge in [0.25, 0.3) is 5.91 Å². The van der Waals surface area contributed by atoms with Crippen molar-refractivity contribution >= 4 is 17.7 Å². The lowest BCUT2D eigenvalue weighted by atomic mass is 9.89. The van der Waals surface area contributed by atoms with E-state index in [4.69, 9.17) is 9.72 Å². The van der Waals surface area contributed by atoms with Crippen LogP contribution in [0.15, 0.2) is 36.4 Å². The number of nitrogens with one attached hydrogen (secondary N) is 2. The van der Waals surface area contributed by atoms with Crippen LogP contribution in [0.5, 0.6) is 5.75 Å². The number of pyridine rings is 1. The molecular formula is C26H32N4O4. The van der Waals surface area contributed by atoms with Gasteiger partial charge in [0.2, 0.25) is 11.8 Å². The Bertz CT molecular complexity index is 1060. The molecule has 2 aromatic rings. The lowest BCUT2D eigenvalue weighted by Crippen LogP contribution is -2.47. The molecule has 0 saturated carbocycles. The Morgan fingerprint density at radius 1 is 1.15 bits per heavy atom. The molecule has 0 bridgehead atoms. The monoisotopic (exact) mass is 464 g/mol. The second kappa shape index (κ2) is 10.7. The van der Waals surface area contributed by atoms with Gasteiger partial charge in [-0.15, -0.1) is 0 Å². The number of para-hydroxylation sites is 1. The van der Waals surface area contributed by atoms with Crippen molar-refractivity contribution in [1.82, 2.24) is 20.5 Å². The molecule has 0 spiro atoms. The number of benzene rings is 1. The normalized spacial score (nSPS) is 18.5. The molecule has 1 atom stereocenters. The molecule has 8 heteroatoms. The van der Waals surface area contributed by atoms with Crippen LogP contribution in [0.25, 0.3) is 0 Å². The highest BCUT2D eigenvalue weighted by Crippen LogP contribution is 2.30. The smallest absolute Gasteiger partial charge is 0.253 e. The molecule has 2 aliphatic rings. The fourth-order valence-electron chi connectivity index (χ4n) is 4.69. The number of hydrogen-bond donors (Lipinski definition) is 2. The Balaban J connectivity index is 1.42. The molecule has 2 saturated heterocycles. The Morgan fingerprint density at radius 2 is 1.91 bits per heavy atom. The highest BCUT2D eigenvalue weighted by molar-refractivity contribution is 5.95. The zero-order chi connectivity index (χ0) is 24.1. The van der Waals surface area contributed by atoms with E-state index in [0.717, 1.165) is 35.5 Å². The van der Waals surface area contributed by atoms with E-state index in [1.165, 1.54) is 0 Å². The minimum atomic E-state index is -0.401. The van der Waals surface area contributed by atoms with Crippen LogP contribution in [0.1, 0.15) is 65.8 Å². The van der Waals surface area contributed by atoms with Crippen molar-refractivity contribution in [2.24, 2.45) is 0 Å². The number of piperidine rings is 1. The average molecular weight is 465 g/mol. The van der Waals surface area contributed by atoms with Crippen LogP contribution in [-0.2, 0) is 16.1 Å². The van der Waals surface area contributed by atoms with Gasteiger partial charge in [0.05, 0.1) is 17.9 Å². The van der Waals surface area contributed by atoms with Gasteiger partial charge in [0.1, 0.15) is 11.8 Å². The van der Waals surface area contributed by atoms with Crippen LogP contribution in [-0.4, -0.2) is 53.3 Å². The van der Waals surface area contributed by atoms with Gasteiger partial charge < -0.3 is 20.3 Å². The van der Waals surface area contributed by atoms with Crippen LogP contribution >= 0.6 is 0 Å². The predicted molar refractivity (Wildman–Crippen MR) is 127 cm³/mol. The van der Waals surface area contributed by atoms with Crippen molar-refractivity contribution < 1.29 is 19.1 Å². The minimum Gasteiger partial charge on any atom is -0.494 e. The van der Waals surface area contributed by atoms with E-state index in [1.807, 2.05) is 55.1 Å². The number of carbonyl (C=O) groups is 3. The van der Waals surface area contributed by atoms with Crippen molar-refractivity contribution in [2.75, 3.05) is 19.7 Å².